The average Bonchev–Trinajstić information content (AvgIpc) is 3.10. The lowest BCUT2D eigenvalue weighted by Crippen LogP contribution is -2.25. The zero-order valence-corrected chi connectivity index (χ0v) is 15.0. The summed E-state index contributed by atoms with van der Waals surface area (Å²) in [5.41, 5.74) is 1.40. The minimum absolute atomic E-state index is 0.209. The highest BCUT2D eigenvalue weighted by Gasteiger charge is 2.35. The van der Waals surface area contributed by atoms with Crippen molar-refractivity contribution in [1.82, 2.24) is 14.8 Å². The van der Waals surface area contributed by atoms with E-state index in [0.29, 0.717) is 17.3 Å². The lowest BCUT2D eigenvalue weighted by Gasteiger charge is -2.19. The van der Waals surface area contributed by atoms with Crippen LogP contribution >= 0.6 is 22.6 Å². The molecule has 23 heavy (non-hydrogen) atoms. The summed E-state index contributed by atoms with van der Waals surface area (Å²) < 4.78 is 13.7. The largest absolute Gasteiger partial charge is 0.497 e. The third kappa shape index (κ3) is 3.03. The van der Waals surface area contributed by atoms with E-state index in [-0.39, 0.29) is 5.91 Å². The van der Waals surface area contributed by atoms with E-state index in [1.54, 1.807) is 11.8 Å². The van der Waals surface area contributed by atoms with Gasteiger partial charge in [0.2, 0.25) is 12.1 Å². The number of hydrazone groups is 1. The maximum absolute atomic E-state index is 11.9. The highest BCUT2D eigenvalue weighted by Crippen LogP contribution is 2.32. The summed E-state index contributed by atoms with van der Waals surface area (Å²) >= 11 is 2.16. The predicted molar refractivity (Wildman–Crippen MR) is 91.8 cm³/mol. The Hall–Kier alpha value is -2.10. The van der Waals surface area contributed by atoms with Crippen molar-refractivity contribution in [2.24, 2.45) is 12.1 Å². The normalized spacial score (nSPS) is 17.0. The topological polar surface area (TPSA) is 69.0 Å². The molecule has 0 saturated heterocycles. The number of halogens is 1. The first-order valence-corrected chi connectivity index (χ1v) is 7.96. The second-order valence-corrected chi connectivity index (χ2v) is 6.18. The van der Waals surface area contributed by atoms with Gasteiger partial charge in [0, 0.05) is 25.7 Å². The molecule has 1 aromatic carbocycles. The highest BCUT2D eigenvalue weighted by atomic mass is 127. The standard InChI is InChI=1S/C15H15IN4O3/c1-9(21)20-15(10-5-4-6-11(7-10)22-3)23-14(18-20)13-12(16)8-19(2)17-13/h4-8,15H,1-3H3/t15-/m1/s1. The van der Waals surface area contributed by atoms with Crippen molar-refractivity contribution in [3.63, 3.8) is 0 Å². The fourth-order valence-electron chi connectivity index (χ4n) is 2.28. The van der Waals surface area contributed by atoms with E-state index in [4.69, 9.17) is 9.47 Å². The van der Waals surface area contributed by atoms with Gasteiger partial charge in [0.1, 0.15) is 5.75 Å². The lowest BCUT2D eigenvalue weighted by molar-refractivity contribution is -0.135. The summed E-state index contributed by atoms with van der Waals surface area (Å²) in [4.78, 5) is 11.9. The number of ether oxygens (including phenoxy) is 2. The minimum Gasteiger partial charge on any atom is -0.497 e. The van der Waals surface area contributed by atoms with Gasteiger partial charge in [0.15, 0.2) is 5.69 Å². The molecular weight excluding hydrogens is 411 g/mol. The second-order valence-electron chi connectivity index (χ2n) is 5.01. The SMILES string of the molecule is COc1cccc([C@H]2OC(c3nn(C)cc3I)=NN2C(C)=O)c1. The van der Waals surface area contributed by atoms with Crippen molar-refractivity contribution in [3.05, 3.63) is 45.3 Å². The molecule has 0 bridgehead atoms. The molecule has 0 fully saturated rings. The summed E-state index contributed by atoms with van der Waals surface area (Å²) in [5.74, 6) is 0.812. The molecule has 1 atom stereocenters. The Morgan fingerprint density at radius 3 is 2.83 bits per heavy atom. The van der Waals surface area contributed by atoms with Crippen molar-refractivity contribution in [2.45, 2.75) is 13.2 Å². The van der Waals surface area contributed by atoms with Gasteiger partial charge in [-0.05, 0) is 34.7 Å². The third-order valence-electron chi connectivity index (χ3n) is 3.33. The Morgan fingerprint density at radius 2 is 2.22 bits per heavy atom. The summed E-state index contributed by atoms with van der Waals surface area (Å²) in [7, 11) is 3.42. The Kier molecular flexibility index (Phi) is 4.24. The van der Waals surface area contributed by atoms with Crippen molar-refractivity contribution in [2.75, 3.05) is 7.11 Å². The number of hydrogen-bond donors (Lipinski definition) is 0. The Bertz CT molecular complexity index is 787. The van der Waals surface area contributed by atoms with E-state index in [2.05, 4.69) is 32.8 Å². The molecule has 1 aliphatic heterocycles. The monoisotopic (exact) mass is 426 g/mol. The molecule has 1 aliphatic rings. The molecule has 0 radical (unpaired) electrons. The predicted octanol–water partition coefficient (Wildman–Crippen LogP) is 2.27. The number of amides is 1. The Labute approximate surface area is 147 Å². The van der Waals surface area contributed by atoms with Crippen LogP contribution in [0.4, 0.5) is 0 Å². The van der Waals surface area contributed by atoms with E-state index >= 15 is 0 Å². The average molecular weight is 426 g/mol. The summed E-state index contributed by atoms with van der Waals surface area (Å²) in [6, 6.07) is 7.37. The second kappa shape index (κ2) is 6.19. The first-order valence-electron chi connectivity index (χ1n) is 6.88. The zero-order valence-electron chi connectivity index (χ0n) is 12.9. The number of methoxy groups -OCH3 is 1. The van der Waals surface area contributed by atoms with Crippen molar-refractivity contribution < 1.29 is 14.3 Å². The number of carbonyl (C=O) groups excluding carboxylic acids is 1. The van der Waals surface area contributed by atoms with Crippen LogP contribution in [0, 0.1) is 3.57 Å². The molecule has 2 heterocycles. The van der Waals surface area contributed by atoms with Crippen LogP contribution in [-0.4, -0.2) is 33.7 Å². The molecular formula is C15H15IN4O3. The molecule has 0 spiro atoms. The molecule has 0 N–H and O–H groups in total. The molecule has 3 rings (SSSR count). The fraction of sp³-hybridized carbons (Fsp3) is 0.267. The molecule has 0 unspecified atom stereocenters. The fourth-order valence-corrected chi connectivity index (χ4v) is 3.02. The molecule has 120 valence electrons. The maximum Gasteiger partial charge on any atom is 0.263 e. The smallest absolute Gasteiger partial charge is 0.263 e. The van der Waals surface area contributed by atoms with Gasteiger partial charge in [-0.1, -0.05) is 12.1 Å². The van der Waals surface area contributed by atoms with E-state index in [1.165, 1.54) is 11.9 Å². The summed E-state index contributed by atoms with van der Waals surface area (Å²) in [6.45, 7) is 1.45. The van der Waals surface area contributed by atoms with E-state index in [0.717, 1.165) is 9.13 Å². The van der Waals surface area contributed by atoms with Crippen LogP contribution in [0.3, 0.4) is 0 Å². The Morgan fingerprint density at radius 1 is 1.43 bits per heavy atom. The number of hydrogen-bond acceptors (Lipinski definition) is 5. The summed E-state index contributed by atoms with van der Waals surface area (Å²) in [6.07, 6.45) is 1.23. The van der Waals surface area contributed by atoms with Crippen LogP contribution in [0.5, 0.6) is 5.75 Å². The van der Waals surface area contributed by atoms with E-state index < -0.39 is 6.23 Å². The van der Waals surface area contributed by atoms with Crippen LogP contribution in [0.15, 0.2) is 35.6 Å². The highest BCUT2D eigenvalue weighted by molar-refractivity contribution is 14.1. The van der Waals surface area contributed by atoms with Gasteiger partial charge in [-0.2, -0.15) is 10.1 Å². The quantitative estimate of drug-likeness (QED) is 0.707. The van der Waals surface area contributed by atoms with E-state index in [9.17, 15) is 4.79 Å². The molecule has 7 nitrogen and oxygen atoms in total. The number of nitrogens with zero attached hydrogens (tertiary/aromatic N) is 4. The number of aryl methyl sites for hydroxylation is 1. The maximum atomic E-state index is 11.9. The Balaban J connectivity index is 1.97. The van der Waals surface area contributed by atoms with Gasteiger partial charge in [-0.15, -0.1) is 5.10 Å². The van der Waals surface area contributed by atoms with Gasteiger partial charge in [0.25, 0.3) is 5.90 Å². The first-order chi connectivity index (χ1) is 11.0. The van der Waals surface area contributed by atoms with Gasteiger partial charge in [-0.3, -0.25) is 9.48 Å². The molecule has 0 aliphatic carbocycles. The minimum atomic E-state index is -0.629. The van der Waals surface area contributed by atoms with Gasteiger partial charge in [-0.25, -0.2) is 0 Å². The molecule has 8 heteroatoms. The van der Waals surface area contributed by atoms with Gasteiger partial charge >= 0.3 is 0 Å². The van der Waals surface area contributed by atoms with Crippen molar-refractivity contribution in [3.8, 4) is 5.75 Å². The number of aromatic nitrogens is 2. The van der Waals surface area contributed by atoms with Crippen molar-refractivity contribution >= 4 is 34.4 Å². The first kappa shape index (κ1) is 15.8. The lowest BCUT2D eigenvalue weighted by atomic mass is 10.2. The molecule has 1 amide bonds. The third-order valence-corrected chi connectivity index (χ3v) is 4.12. The van der Waals surface area contributed by atoms with Crippen LogP contribution in [-0.2, 0) is 16.6 Å². The summed E-state index contributed by atoms with van der Waals surface area (Å²) in [5, 5.41) is 9.95. The number of carbonyl (C=O) groups is 1. The van der Waals surface area contributed by atoms with Crippen LogP contribution in [0.1, 0.15) is 24.4 Å². The van der Waals surface area contributed by atoms with Crippen molar-refractivity contribution in [1.29, 1.82) is 0 Å². The zero-order chi connectivity index (χ0) is 16.6. The van der Waals surface area contributed by atoms with Gasteiger partial charge in [0.05, 0.1) is 10.7 Å². The molecule has 0 saturated carbocycles. The molecule has 1 aromatic heterocycles. The van der Waals surface area contributed by atoms with Crippen LogP contribution < -0.4 is 4.74 Å². The number of benzene rings is 1. The number of rotatable bonds is 3. The molecule has 2 aromatic rings. The van der Waals surface area contributed by atoms with Crippen LogP contribution in [0.25, 0.3) is 0 Å². The van der Waals surface area contributed by atoms with Gasteiger partial charge < -0.3 is 9.47 Å². The van der Waals surface area contributed by atoms with E-state index in [1.807, 2.05) is 37.5 Å². The van der Waals surface area contributed by atoms with Crippen LogP contribution in [0.2, 0.25) is 0 Å².